The average Bonchev–Trinajstić information content (AvgIpc) is 2.98. The zero-order valence-electron chi connectivity index (χ0n) is 15.9. The first kappa shape index (κ1) is 20.3. The van der Waals surface area contributed by atoms with E-state index in [4.69, 9.17) is 13.9 Å². The highest BCUT2D eigenvalue weighted by Gasteiger charge is 2.22. The molecule has 0 atom stereocenters. The molecule has 150 valence electrons. The number of fused-ring (bicyclic) bond motifs is 1. The second kappa shape index (κ2) is 8.27. The van der Waals surface area contributed by atoms with E-state index in [1.54, 1.807) is 31.2 Å². The van der Waals surface area contributed by atoms with Crippen LogP contribution in [0.25, 0.3) is 11.0 Å². The molecule has 3 aromatic rings. The van der Waals surface area contributed by atoms with Gasteiger partial charge in [-0.3, -0.25) is 9.59 Å². The van der Waals surface area contributed by atoms with Gasteiger partial charge in [-0.2, -0.15) is 0 Å². The van der Waals surface area contributed by atoms with Gasteiger partial charge in [0.05, 0.1) is 18.1 Å². The van der Waals surface area contributed by atoms with Gasteiger partial charge in [-0.1, -0.05) is 12.1 Å². The third kappa shape index (κ3) is 4.19. The van der Waals surface area contributed by atoms with Crippen molar-refractivity contribution < 1.29 is 28.3 Å². The number of carbonyl (C=O) groups excluding carboxylic acids is 3. The molecule has 0 spiro atoms. The first-order valence-electron chi connectivity index (χ1n) is 8.50. The molecular formula is C20H17NO7S. The third-order valence-corrected chi connectivity index (χ3v) is 5.32. The quantitative estimate of drug-likeness (QED) is 0.637. The molecule has 0 bridgehead atoms. The van der Waals surface area contributed by atoms with Crippen LogP contribution < -0.4 is 10.7 Å². The molecule has 8 nitrogen and oxygen atoms in total. The van der Waals surface area contributed by atoms with Crippen LogP contribution in [0, 0.1) is 13.8 Å². The van der Waals surface area contributed by atoms with Crippen molar-refractivity contribution in [2.75, 3.05) is 19.0 Å². The van der Waals surface area contributed by atoms with Crippen LogP contribution in [-0.4, -0.2) is 31.6 Å². The van der Waals surface area contributed by atoms with Gasteiger partial charge >= 0.3 is 11.9 Å². The predicted molar refractivity (Wildman–Crippen MR) is 107 cm³/mol. The van der Waals surface area contributed by atoms with Crippen LogP contribution in [0.4, 0.5) is 5.00 Å². The van der Waals surface area contributed by atoms with Crippen LogP contribution in [0.3, 0.4) is 0 Å². The number of methoxy groups -OCH3 is 1. The zero-order valence-corrected chi connectivity index (χ0v) is 16.7. The fourth-order valence-corrected chi connectivity index (χ4v) is 3.70. The Balaban J connectivity index is 1.70. The summed E-state index contributed by atoms with van der Waals surface area (Å²) >= 11 is 1.21. The molecule has 0 unspecified atom stereocenters. The minimum atomic E-state index is -0.949. The van der Waals surface area contributed by atoms with Crippen LogP contribution in [-0.2, 0) is 14.3 Å². The lowest BCUT2D eigenvalue weighted by molar-refractivity contribution is -0.119. The number of anilines is 1. The molecule has 1 N–H and O–H groups in total. The third-order valence-electron chi connectivity index (χ3n) is 4.20. The number of ether oxygens (including phenoxy) is 2. The topological polar surface area (TPSA) is 112 Å². The van der Waals surface area contributed by atoms with E-state index in [2.05, 4.69) is 5.32 Å². The van der Waals surface area contributed by atoms with Crippen molar-refractivity contribution in [3.05, 3.63) is 62.3 Å². The maximum Gasteiger partial charge on any atom is 0.374 e. The molecule has 29 heavy (non-hydrogen) atoms. The predicted octanol–water partition coefficient (Wildman–Crippen LogP) is 3.05. The van der Waals surface area contributed by atoms with Gasteiger partial charge < -0.3 is 19.2 Å². The minimum absolute atomic E-state index is 0.239. The summed E-state index contributed by atoms with van der Waals surface area (Å²) in [5.74, 6) is -2.47. The fourth-order valence-electron chi connectivity index (χ4n) is 2.63. The van der Waals surface area contributed by atoms with Gasteiger partial charge in [-0.15, -0.1) is 11.3 Å². The monoisotopic (exact) mass is 415 g/mol. The van der Waals surface area contributed by atoms with Crippen molar-refractivity contribution in [1.82, 2.24) is 0 Å². The van der Waals surface area contributed by atoms with Crippen LogP contribution in [0.1, 0.15) is 31.4 Å². The van der Waals surface area contributed by atoms with E-state index < -0.39 is 29.9 Å². The summed E-state index contributed by atoms with van der Waals surface area (Å²) in [4.78, 5) is 49.2. The van der Waals surface area contributed by atoms with Crippen molar-refractivity contribution in [2.45, 2.75) is 13.8 Å². The van der Waals surface area contributed by atoms with E-state index >= 15 is 0 Å². The highest BCUT2D eigenvalue weighted by atomic mass is 32.1. The Bertz CT molecular complexity index is 1180. The molecule has 0 fully saturated rings. The number of aryl methyl sites for hydroxylation is 1. The minimum Gasteiger partial charge on any atom is -0.465 e. The maximum absolute atomic E-state index is 12.2. The summed E-state index contributed by atoms with van der Waals surface area (Å²) in [5.41, 5.74) is 0.807. The molecular weight excluding hydrogens is 398 g/mol. The normalized spacial score (nSPS) is 10.6. The summed E-state index contributed by atoms with van der Waals surface area (Å²) < 4.78 is 15.1. The lowest BCUT2D eigenvalue weighted by atomic mass is 10.1. The zero-order chi connectivity index (χ0) is 21.1. The summed E-state index contributed by atoms with van der Waals surface area (Å²) in [6.45, 7) is 2.94. The Morgan fingerprint density at radius 2 is 1.86 bits per heavy atom. The summed E-state index contributed by atoms with van der Waals surface area (Å²) in [6.07, 6.45) is 0. The summed E-state index contributed by atoms with van der Waals surface area (Å²) in [6, 6.07) is 7.49. The number of thiophene rings is 1. The molecule has 0 saturated heterocycles. The largest absolute Gasteiger partial charge is 0.465 e. The molecule has 0 aliphatic heterocycles. The van der Waals surface area contributed by atoms with Gasteiger partial charge in [-0.25, -0.2) is 9.59 Å². The Kier molecular flexibility index (Phi) is 5.79. The van der Waals surface area contributed by atoms with Crippen molar-refractivity contribution >= 4 is 45.2 Å². The van der Waals surface area contributed by atoms with Gasteiger partial charge in [0.2, 0.25) is 5.76 Å². The second-order valence-corrected chi connectivity index (χ2v) is 7.30. The van der Waals surface area contributed by atoms with E-state index in [-0.39, 0.29) is 16.9 Å². The number of esters is 2. The highest BCUT2D eigenvalue weighted by molar-refractivity contribution is 7.16. The van der Waals surface area contributed by atoms with Gasteiger partial charge in [0.25, 0.3) is 5.91 Å². The van der Waals surface area contributed by atoms with Crippen LogP contribution in [0.2, 0.25) is 0 Å². The standard InChI is InChI=1S/C20H17NO7S/c1-10-11(2)29-18(17(10)20(25)26-3)21-16(23)9-27-19(24)15-8-13(22)12-6-4-5-7-14(12)28-15/h4-8H,9H2,1-3H3,(H,21,23). The SMILES string of the molecule is COC(=O)c1c(NC(=O)COC(=O)c2cc(=O)c3ccccc3o2)sc(C)c1C. The number of hydrogen-bond donors (Lipinski definition) is 1. The molecule has 1 aromatic carbocycles. The lowest BCUT2D eigenvalue weighted by Gasteiger charge is -2.07. The van der Waals surface area contributed by atoms with E-state index in [9.17, 15) is 19.2 Å². The molecule has 0 radical (unpaired) electrons. The van der Waals surface area contributed by atoms with Crippen molar-refractivity contribution in [1.29, 1.82) is 0 Å². The van der Waals surface area contributed by atoms with Gasteiger partial charge in [0, 0.05) is 10.9 Å². The molecule has 2 heterocycles. The number of carbonyl (C=O) groups is 3. The van der Waals surface area contributed by atoms with E-state index in [1.165, 1.54) is 18.4 Å². The highest BCUT2D eigenvalue weighted by Crippen LogP contribution is 2.32. The smallest absolute Gasteiger partial charge is 0.374 e. The van der Waals surface area contributed by atoms with Gasteiger partial charge in [0.15, 0.2) is 12.0 Å². The van der Waals surface area contributed by atoms with E-state index in [0.29, 0.717) is 16.0 Å². The molecule has 1 amide bonds. The average molecular weight is 415 g/mol. The first-order valence-corrected chi connectivity index (χ1v) is 9.31. The van der Waals surface area contributed by atoms with E-state index in [0.717, 1.165) is 10.9 Å². The van der Waals surface area contributed by atoms with Crippen LogP contribution >= 0.6 is 11.3 Å². The summed E-state index contributed by atoms with van der Waals surface area (Å²) in [7, 11) is 1.25. The van der Waals surface area contributed by atoms with E-state index in [1.807, 2.05) is 6.92 Å². The van der Waals surface area contributed by atoms with Crippen LogP contribution in [0.5, 0.6) is 0 Å². The first-order chi connectivity index (χ1) is 13.8. The Labute approximate surface area is 169 Å². The number of rotatable bonds is 5. The molecule has 0 aliphatic rings. The Morgan fingerprint density at radius 3 is 2.59 bits per heavy atom. The number of nitrogens with one attached hydrogen (secondary N) is 1. The maximum atomic E-state index is 12.2. The molecule has 0 aliphatic carbocycles. The number of benzene rings is 1. The van der Waals surface area contributed by atoms with Crippen molar-refractivity contribution in [3.8, 4) is 0 Å². The molecule has 9 heteroatoms. The van der Waals surface area contributed by atoms with Gasteiger partial charge in [0.1, 0.15) is 10.6 Å². The molecule has 3 rings (SSSR count). The second-order valence-electron chi connectivity index (χ2n) is 6.07. The molecule has 2 aromatic heterocycles. The Hall–Kier alpha value is -3.46. The number of para-hydroxylation sites is 1. The fraction of sp³-hybridized carbons (Fsp3) is 0.200. The Morgan fingerprint density at radius 1 is 1.14 bits per heavy atom. The van der Waals surface area contributed by atoms with Crippen LogP contribution in [0.15, 0.2) is 39.5 Å². The van der Waals surface area contributed by atoms with Crippen molar-refractivity contribution in [2.24, 2.45) is 0 Å². The van der Waals surface area contributed by atoms with Gasteiger partial charge in [-0.05, 0) is 31.5 Å². The molecule has 0 saturated carbocycles. The van der Waals surface area contributed by atoms with Crippen molar-refractivity contribution in [3.63, 3.8) is 0 Å². The number of amides is 1. The summed E-state index contributed by atoms with van der Waals surface area (Å²) in [5, 5.41) is 3.19. The lowest BCUT2D eigenvalue weighted by Crippen LogP contribution is -2.22. The number of hydrogen-bond acceptors (Lipinski definition) is 8.